The van der Waals surface area contributed by atoms with Crippen LogP contribution in [-0.4, -0.2) is 31.8 Å². The summed E-state index contributed by atoms with van der Waals surface area (Å²) in [4.78, 5) is 17.2. The molecular formula is C19H19N5O2. The molecule has 7 nitrogen and oxygen atoms in total. The highest BCUT2D eigenvalue weighted by atomic mass is 16.5. The summed E-state index contributed by atoms with van der Waals surface area (Å²) in [7, 11) is 0. The lowest BCUT2D eigenvalue weighted by Gasteiger charge is -2.18. The van der Waals surface area contributed by atoms with E-state index in [1.807, 2.05) is 41.8 Å². The number of hydrogen-bond acceptors (Lipinski definition) is 5. The highest BCUT2D eigenvalue weighted by Gasteiger charge is 2.17. The Morgan fingerprint density at radius 2 is 2.08 bits per heavy atom. The molecule has 0 aliphatic carbocycles. The molecule has 4 rings (SSSR count). The lowest BCUT2D eigenvalue weighted by Crippen LogP contribution is -2.19. The van der Waals surface area contributed by atoms with E-state index in [0.717, 1.165) is 19.4 Å². The first-order valence-corrected chi connectivity index (χ1v) is 8.63. The number of nitrogens with one attached hydrogen (secondary N) is 1. The van der Waals surface area contributed by atoms with Crippen molar-refractivity contribution in [2.45, 2.75) is 32.4 Å². The van der Waals surface area contributed by atoms with Gasteiger partial charge in [-0.05, 0) is 44.0 Å². The zero-order valence-electron chi connectivity index (χ0n) is 14.4. The van der Waals surface area contributed by atoms with Crippen LogP contribution in [0.3, 0.4) is 0 Å². The molecule has 1 amide bonds. The van der Waals surface area contributed by atoms with E-state index in [1.54, 1.807) is 18.5 Å². The highest BCUT2D eigenvalue weighted by molar-refractivity contribution is 6.05. The van der Waals surface area contributed by atoms with Crippen molar-refractivity contribution in [3.05, 3.63) is 54.4 Å². The number of fused-ring (bicyclic) bond motifs is 5. The molecule has 2 aromatic heterocycles. The normalized spacial score (nSPS) is 17.3. The van der Waals surface area contributed by atoms with Crippen molar-refractivity contribution in [2.24, 2.45) is 0 Å². The number of aryl methyl sites for hydroxylation is 1. The van der Waals surface area contributed by atoms with E-state index in [2.05, 4.69) is 20.5 Å². The number of anilines is 1. The number of pyridine rings is 1. The van der Waals surface area contributed by atoms with E-state index < -0.39 is 0 Å². The number of carbonyl (C=O) groups excluding carboxylic acids is 1. The lowest BCUT2D eigenvalue weighted by molar-refractivity contribution is 0.101. The fourth-order valence-corrected chi connectivity index (χ4v) is 3.01. The van der Waals surface area contributed by atoms with Gasteiger partial charge in [0.25, 0.3) is 5.91 Å². The zero-order valence-corrected chi connectivity index (χ0v) is 14.4. The van der Waals surface area contributed by atoms with Gasteiger partial charge in [-0.2, -0.15) is 0 Å². The van der Waals surface area contributed by atoms with Crippen LogP contribution in [0.2, 0.25) is 0 Å². The molecule has 7 heteroatoms. The van der Waals surface area contributed by atoms with Crippen LogP contribution >= 0.6 is 0 Å². The summed E-state index contributed by atoms with van der Waals surface area (Å²) in [5, 5.41) is 11.0. The number of benzene rings is 1. The molecule has 1 N–H and O–H groups in total. The molecule has 0 saturated carbocycles. The Morgan fingerprint density at radius 1 is 1.19 bits per heavy atom. The summed E-state index contributed by atoms with van der Waals surface area (Å²) in [6, 6.07) is 12.7. The number of amides is 1. The van der Waals surface area contributed by atoms with Crippen molar-refractivity contribution in [1.29, 1.82) is 0 Å². The molecule has 3 aromatic rings. The van der Waals surface area contributed by atoms with Gasteiger partial charge < -0.3 is 14.6 Å². The number of rotatable bonds is 0. The summed E-state index contributed by atoms with van der Waals surface area (Å²) in [6.45, 7) is 2.79. The molecule has 132 valence electrons. The van der Waals surface area contributed by atoms with Crippen molar-refractivity contribution < 1.29 is 9.53 Å². The van der Waals surface area contributed by atoms with Crippen molar-refractivity contribution >= 4 is 11.7 Å². The predicted octanol–water partition coefficient (Wildman–Crippen LogP) is 3.15. The minimum Gasteiger partial charge on any atom is -0.490 e. The van der Waals surface area contributed by atoms with Crippen molar-refractivity contribution in [3.63, 3.8) is 0 Å². The molecule has 0 radical (unpaired) electrons. The van der Waals surface area contributed by atoms with Crippen LogP contribution in [0, 0.1) is 0 Å². The van der Waals surface area contributed by atoms with Crippen LogP contribution in [0.1, 0.15) is 30.1 Å². The van der Waals surface area contributed by atoms with E-state index in [9.17, 15) is 4.79 Å². The third-order valence-corrected chi connectivity index (χ3v) is 4.30. The Bertz CT molecular complexity index is 937. The van der Waals surface area contributed by atoms with Gasteiger partial charge in [-0.1, -0.05) is 18.2 Å². The Labute approximate surface area is 151 Å². The summed E-state index contributed by atoms with van der Waals surface area (Å²) < 4.78 is 7.99. The van der Waals surface area contributed by atoms with Crippen molar-refractivity contribution in [2.75, 3.05) is 5.32 Å². The Balaban J connectivity index is 1.75. The van der Waals surface area contributed by atoms with Crippen LogP contribution in [0.5, 0.6) is 5.75 Å². The number of carbonyl (C=O) groups is 1. The van der Waals surface area contributed by atoms with E-state index >= 15 is 0 Å². The molecule has 1 aliphatic rings. The second-order valence-electron chi connectivity index (χ2n) is 6.28. The second kappa shape index (κ2) is 6.95. The molecular weight excluding hydrogens is 330 g/mol. The number of para-hydroxylation sites is 1. The largest absolute Gasteiger partial charge is 0.490 e. The number of aromatic nitrogens is 4. The molecule has 1 aromatic carbocycles. The number of nitrogens with zero attached hydrogens (tertiary/aromatic N) is 4. The summed E-state index contributed by atoms with van der Waals surface area (Å²) in [5.41, 5.74) is 1.17. The van der Waals surface area contributed by atoms with Crippen LogP contribution < -0.4 is 10.1 Å². The molecule has 0 saturated heterocycles. The van der Waals surface area contributed by atoms with Crippen molar-refractivity contribution in [3.8, 4) is 17.3 Å². The first-order valence-electron chi connectivity index (χ1n) is 8.63. The molecule has 1 aliphatic heterocycles. The maximum Gasteiger partial charge on any atom is 0.260 e. The molecule has 2 bridgehead atoms. The van der Waals surface area contributed by atoms with Gasteiger partial charge in [0.1, 0.15) is 23.6 Å². The SMILES string of the molecule is C[C@H]1CCCn2cnnc2-c2cccc(n2)NC(=O)c2ccccc2O1. The molecule has 0 unspecified atom stereocenters. The van der Waals surface area contributed by atoms with E-state index in [4.69, 9.17) is 4.74 Å². The Kier molecular flexibility index (Phi) is 4.35. The Morgan fingerprint density at radius 3 is 3.00 bits per heavy atom. The number of hydrogen-bond donors (Lipinski definition) is 1. The van der Waals surface area contributed by atoms with Crippen LogP contribution in [0.4, 0.5) is 5.82 Å². The lowest BCUT2D eigenvalue weighted by atomic mass is 10.1. The van der Waals surface area contributed by atoms with Crippen molar-refractivity contribution in [1.82, 2.24) is 19.7 Å². The topological polar surface area (TPSA) is 81.9 Å². The first kappa shape index (κ1) is 16.3. The maximum absolute atomic E-state index is 12.7. The van der Waals surface area contributed by atoms with E-state index in [0.29, 0.717) is 28.6 Å². The standard InChI is InChI=1S/C19H19N5O2/c1-13-6-5-11-24-12-20-23-18(24)15-8-4-10-17(21-15)22-19(25)14-7-2-3-9-16(14)26-13/h2-4,7-10,12-13H,5-6,11H2,1H3,(H,21,22,25)/t13-/m0/s1. The molecule has 26 heavy (non-hydrogen) atoms. The van der Waals surface area contributed by atoms with Gasteiger partial charge in [0.05, 0.1) is 11.7 Å². The van der Waals surface area contributed by atoms with Gasteiger partial charge in [0, 0.05) is 6.54 Å². The maximum atomic E-state index is 12.7. The van der Waals surface area contributed by atoms with Gasteiger partial charge >= 0.3 is 0 Å². The van der Waals surface area contributed by atoms with Crippen LogP contribution in [-0.2, 0) is 6.54 Å². The quantitative estimate of drug-likeness (QED) is 0.674. The second-order valence-corrected chi connectivity index (χ2v) is 6.28. The average Bonchev–Trinajstić information content (AvgIpc) is 3.10. The minimum absolute atomic E-state index is 0.0113. The molecule has 1 atom stereocenters. The third-order valence-electron chi connectivity index (χ3n) is 4.30. The molecule has 3 heterocycles. The minimum atomic E-state index is -0.254. The van der Waals surface area contributed by atoms with Gasteiger partial charge in [-0.25, -0.2) is 4.98 Å². The highest BCUT2D eigenvalue weighted by Crippen LogP contribution is 2.23. The van der Waals surface area contributed by atoms with Gasteiger partial charge in [-0.3, -0.25) is 4.79 Å². The number of ether oxygens (including phenoxy) is 1. The summed E-state index contributed by atoms with van der Waals surface area (Å²) >= 11 is 0. The van der Waals surface area contributed by atoms with E-state index in [-0.39, 0.29) is 12.0 Å². The van der Waals surface area contributed by atoms with E-state index in [1.165, 1.54) is 0 Å². The first-order chi connectivity index (χ1) is 12.7. The average molecular weight is 349 g/mol. The summed E-state index contributed by atoms with van der Waals surface area (Å²) in [5.74, 6) is 1.47. The summed E-state index contributed by atoms with van der Waals surface area (Å²) in [6.07, 6.45) is 3.44. The smallest absolute Gasteiger partial charge is 0.260 e. The monoisotopic (exact) mass is 349 g/mol. The third kappa shape index (κ3) is 3.28. The van der Waals surface area contributed by atoms with Crippen LogP contribution in [0.25, 0.3) is 11.5 Å². The van der Waals surface area contributed by atoms with Gasteiger partial charge in [-0.15, -0.1) is 10.2 Å². The van der Waals surface area contributed by atoms with Crippen LogP contribution in [0.15, 0.2) is 48.8 Å². The Hall–Kier alpha value is -3.22. The van der Waals surface area contributed by atoms with Gasteiger partial charge in [0.15, 0.2) is 5.82 Å². The molecule has 0 spiro atoms. The zero-order chi connectivity index (χ0) is 17.9. The fraction of sp³-hybridized carbons (Fsp3) is 0.263. The molecule has 0 fully saturated rings. The van der Waals surface area contributed by atoms with Gasteiger partial charge in [0.2, 0.25) is 0 Å². The fourth-order valence-electron chi connectivity index (χ4n) is 3.01. The predicted molar refractivity (Wildman–Crippen MR) is 97.0 cm³/mol.